The van der Waals surface area contributed by atoms with Crippen LogP contribution in [0.15, 0.2) is 35.2 Å². The van der Waals surface area contributed by atoms with Crippen LogP contribution in [0.4, 0.5) is 0 Å². The SMILES string of the molecule is O=S1(=O)CCC/C1=C/c1ccccc1. The van der Waals surface area contributed by atoms with E-state index in [1.807, 2.05) is 30.3 Å². The largest absolute Gasteiger partial charge is 0.224 e. The molecule has 1 aliphatic rings. The van der Waals surface area contributed by atoms with Gasteiger partial charge in [0.15, 0.2) is 9.84 Å². The van der Waals surface area contributed by atoms with Gasteiger partial charge in [0.25, 0.3) is 0 Å². The molecule has 0 amide bonds. The highest BCUT2D eigenvalue weighted by Gasteiger charge is 2.23. The molecule has 1 aromatic carbocycles. The van der Waals surface area contributed by atoms with Crippen LogP contribution in [-0.4, -0.2) is 14.2 Å². The van der Waals surface area contributed by atoms with E-state index in [4.69, 9.17) is 0 Å². The van der Waals surface area contributed by atoms with Crippen molar-refractivity contribution in [1.29, 1.82) is 0 Å². The Kier molecular flexibility index (Phi) is 2.42. The fourth-order valence-electron chi connectivity index (χ4n) is 1.62. The van der Waals surface area contributed by atoms with Crippen molar-refractivity contribution < 1.29 is 8.42 Å². The van der Waals surface area contributed by atoms with Crippen LogP contribution < -0.4 is 0 Å². The first-order valence-electron chi connectivity index (χ1n) is 4.67. The molecular formula is C11H12O2S. The second-order valence-electron chi connectivity index (χ2n) is 3.44. The Morgan fingerprint density at radius 3 is 2.43 bits per heavy atom. The van der Waals surface area contributed by atoms with E-state index in [-0.39, 0.29) is 0 Å². The minimum atomic E-state index is -2.92. The summed E-state index contributed by atoms with van der Waals surface area (Å²) in [4.78, 5) is 0.587. The highest BCUT2D eigenvalue weighted by atomic mass is 32.2. The Labute approximate surface area is 84.2 Å². The maximum absolute atomic E-state index is 11.5. The van der Waals surface area contributed by atoms with Gasteiger partial charge in [0.05, 0.1) is 5.75 Å². The summed E-state index contributed by atoms with van der Waals surface area (Å²) < 4.78 is 23.0. The number of sulfone groups is 1. The predicted octanol–water partition coefficient (Wildman–Crippen LogP) is 2.24. The molecule has 0 N–H and O–H groups in total. The maximum atomic E-state index is 11.5. The van der Waals surface area contributed by atoms with Crippen LogP contribution in [0.5, 0.6) is 0 Å². The van der Waals surface area contributed by atoms with Gasteiger partial charge in [-0.05, 0) is 24.5 Å². The second-order valence-corrected chi connectivity index (χ2v) is 5.61. The summed E-state index contributed by atoms with van der Waals surface area (Å²) >= 11 is 0. The van der Waals surface area contributed by atoms with Crippen molar-refractivity contribution in [3.8, 4) is 0 Å². The summed E-state index contributed by atoms with van der Waals surface area (Å²) in [5.41, 5.74) is 0.966. The van der Waals surface area contributed by atoms with Crippen LogP contribution in [0.2, 0.25) is 0 Å². The molecule has 1 aromatic rings. The van der Waals surface area contributed by atoms with E-state index < -0.39 is 9.84 Å². The van der Waals surface area contributed by atoms with E-state index in [0.29, 0.717) is 17.1 Å². The van der Waals surface area contributed by atoms with Gasteiger partial charge in [-0.25, -0.2) is 8.42 Å². The van der Waals surface area contributed by atoms with Crippen molar-refractivity contribution in [2.75, 3.05) is 5.75 Å². The molecule has 3 heteroatoms. The highest BCUT2D eigenvalue weighted by Crippen LogP contribution is 2.25. The molecule has 0 radical (unpaired) electrons. The lowest BCUT2D eigenvalue weighted by Crippen LogP contribution is -1.98. The van der Waals surface area contributed by atoms with Gasteiger partial charge in [0, 0.05) is 4.91 Å². The second kappa shape index (κ2) is 3.58. The van der Waals surface area contributed by atoms with Crippen LogP contribution in [0, 0.1) is 0 Å². The molecule has 1 fully saturated rings. The van der Waals surface area contributed by atoms with E-state index >= 15 is 0 Å². The normalized spacial score (nSPS) is 22.7. The van der Waals surface area contributed by atoms with Gasteiger partial charge in [-0.3, -0.25) is 0 Å². The van der Waals surface area contributed by atoms with Gasteiger partial charge >= 0.3 is 0 Å². The molecule has 0 aromatic heterocycles. The first-order valence-corrected chi connectivity index (χ1v) is 6.32. The van der Waals surface area contributed by atoms with Crippen molar-refractivity contribution in [1.82, 2.24) is 0 Å². The minimum Gasteiger partial charge on any atom is -0.224 e. The lowest BCUT2D eigenvalue weighted by molar-refractivity contribution is 0.606. The molecule has 1 heterocycles. The Morgan fingerprint density at radius 2 is 1.86 bits per heavy atom. The van der Waals surface area contributed by atoms with Crippen LogP contribution in [0.3, 0.4) is 0 Å². The summed E-state index contributed by atoms with van der Waals surface area (Å²) in [6.07, 6.45) is 3.24. The third-order valence-corrected chi connectivity index (χ3v) is 4.31. The Balaban J connectivity index is 2.37. The summed E-state index contributed by atoms with van der Waals surface area (Å²) in [5, 5.41) is 0. The quantitative estimate of drug-likeness (QED) is 0.709. The third-order valence-electron chi connectivity index (χ3n) is 2.36. The standard InChI is InChI=1S/C11H12O2S/c12-14(13)8-4-7-11(14)9-10-5-2-1-3-6-10/h1-3,5-6,9H,4,7-8H2/b11-9-. The van der Waals surface area contributed by atoms with E-state index in [1.54, 1.807) is 6.08 Å². The molecule has 0 unspecified atom stereocenters. The van der Waals surface area contributed by atoms with Gasteiger partial charge in [0.1, 0.15) is 0 Å². The zero-order valence-corrected chi connectivity index (χ0v) is 8.63. The Hall–Kier alpha value is -1.09. The van der Waals surface area contributed by atoms with Crippen molar-refractivity contribution >= 4 is 15.9 Å². The average Bonchev–Trinajstić information content (AvgIpc) is 2.48. The summed E-state index contributed by atoms with van der Waals surface area (Å²) in [6, 6.07) is 9.58. The Morgan fingerprint density at radius 1 is 1.14 bits per heavy atom. The van der Waals surface area contributed by atoms with Crippen molar-refractivity contribution in [2.24, 2.45) is 0 Å². The van der Waals surface area contributed by atoms with Crippen molar-refractivity contribution in [3.05, 3.63) is 40.8 Å². The fourth-order valence-corrected chi connectivity index (χ4v) is 3.18. The molecule has 0 spiro atoms. The van der Waals surface area contributed by atoms with E-state index in [0.717, 1.165) is 12.0 Å². The predicted molar refractivity (Wildman–Crippen MR) is 57.4 cm³/mol. The molecule has 1 aliphatic heterocycles. The van der Waals surface area contributed by atoms with Gasteiger partial charge in [-0.1, -0.05) is 30.3 Å². The van der Waals surface area contributed by atoms with Crippen LogP contribution in [0.25, 0.3) is 6.08 Å². The van der Waals surface area contributed by atoms with E-state index in [1.165, 1.54) is 0 Å². The molecule has 74 valence electrons. The number of hydrogen-bond donors (Lipinski definition) is 0. The fraction of sp³-hybridized carbons (Fsp3) is 0.273. The van der Waals surface area contributed by atoms with Crippen LogP contribution in [-0.2, 0) is 9.84 Å². The molecule has 0 saturated carbocycles. The maximum Gasteiger partial charge on any atom is 0.174 e. The van der Waals surface area contributed by atoms with Gasteiger partial charge in [-0.15, -0.1) is 0 Å². The topological polar surface area (TPSA) is 34.1 Å². The average molecular weight is 208 g/mol. The molecule has 0 aliphatic carbocycles. The first-order chi connectivity index (χ1) is 6.68. The van der Waals surface area contributed by atoms with Gasteiger partial charge in [-0.2, -0.15) is 0 Å². The van der Waals surface area contributed by atoms with Gasteiger partial charge < -0.3 is 0 Å². The zero-order chi connectivity index (χ0) is 10.0. The van der Waals surface area contributed by atoms with E-state index in [9.17, 15) is 8.42 Å². The molecule has 1 saturated heterocycles. The summed E-state index contributed by atoms with van der Waals surface area (Å²) in [7, 11) is -2.92. The molecule has 2 rings (SSSR count). The molecule has 0 bridgehead atoms. The summed E-state index contributed by atoms with van der Waals surface area (Å²) in [5.74, 6) is 0.311. The number of allylic oxidation sites excluding steroid dienone is 1. The minimum absolute atomic E-state index is 0.311. The Bertz CT molecular complexity index is 443. The smallest absolute Gasteiger partial charge is 0.174 e. The van der Waals surface area contributed by atoms with Gasteiger partial charge in [0.2, 0.25) is 0 Å². The first kappa shape index (κ1) is 9.46. The van der Waals surface area contributed by atoms with Crippen LogP contribution >= 0.6 is 0 Å². The highest BCUT2D eigenvalue weighted by molar-refractivity contribution is 7.95. The number of hydrogen-bond acceptors (Lipinski definition) is 2. The number of benzene rings is 1. The third kappa shape index (κ3) is 1.87. The lowest BCUT2D eigenvalue weighted by atomic mass is 10.2. The molecule has 2 nitrogen and oxygen atoms in total. The summed E-state index contributed by atoms with van der Waals surface area (Å²) in [6.45, 7) is 0. The monoisotopic (exact) mass is 208 g/mol. The van der Waals surface area contributed by atoms with Crippen molar-refractivity contribution in [2.45, 2.75) is 12.8 Å². The molecule has 14 heavy (non-hydrogen) atoms. The van der Waals surface area contributed by atoms with Crippen LogP contribution in [0.1, 0.15) is 18.4 Å². The number of rotatable bonds is 1. The van der Waals surface area contributed by atoms with E-state index in [2.05, 4.69) is 0 Å². The molecule has 0 atom stereocenters. The lowest BCUT2D eigenvalue weighted by Gasteiger charge is -1.97. The zero-order valence-electron chi connectivity index (χ0n) is 7.81. The molecular weight excluding hydrogens is 196 g/mol. The van der Waals surface area contributed by atoms with Crippen molar-refractivity contribution in [3.63, 3.8) is 0 Å².